The van der Waals surface area contributed by atoms with Crippen molar-refractivity contribution < 1.29 is 9.59 Å². The van der Waals surface area contributed by atoms with Crippen molar-refractivity contribution in [2.45, 2.75) is 13.8 Å². The van der Waals surface area contributed by atoms with Gasteiger partial charge in [-0.25, -0.2) is 0 Å². The monoisotopic (exact) mass is 603 g/mol. The maximum absolute atomic E-state index is 13.4. The molecule has 0 amide bonds. The van der Waals surface area contributed by atoms with E-state index in [1.807, 2.05) is 74.5 Å². The van der Waals surface area contributed by atoms with Crippen molar-refractivity contribution in [3.05, 3.63) is 161 Å². The molecular weight excluding hydrogens is 577 g/mol. The molecule has 1 atom stereocenters. The summed E-state index contributed by atoms with van der Waals surface area (Å²) in [7, 11) is -0.312. The van der Waals surface area contributed by atoms with Crippen LogP contribution in [0.15, 0.2) is 127 Å². The molecule has 0 bridgehead atoms. The van der Waals surface area contributed by atoms with Crippen molar-refractivity contribution >= 4 is 73.7 Å². The summed E-state index contributed by atoms with van der Waals surface area (Å²) in [5, 5.41) is 4.60. The number of rotatable bonds is 5. The van der Waals surface area contributed by atoms with Gasteiger partial charge in [0.1, 0.15) is 0 Å². The Kier molecular flexibility index (Phi) is 6.30. The first kappa shape index (κ1) is 26.7. The number of ketones is 2. The predicted molar refractivity (Wildman–Crippen MR) is 187 cm³/mol. The van der Waals surface area contributed by atoms with Gasteiger partial charge >= 0.3 is 0 Å². The van der Waals surface area contributed by atoms with Gasteiger partial charge in [0.2, 0.25) is 0 Å². The Labute approximate surface area is 261 Å². The van der Waals surface area contributed by atoms with E-state index in [4.69, 9.17) is 0 Å². The Bertz CT molecular complexity index is 2420. The van der Waals surface area contributed by atoms with E-state index in [1.165, 1.54) is 34.5 Å². The normalized spacial score (nSPS) is 12.0. The minimum absolute atomic E-state index is 0.0407. The molecule has 0 saturated carbocycles. The number of hydrogen-bond donors (Lipinski definition) is 0. The van der Waals surface area contributed by atoms with Crippen molar-refractivity contribution in [2.75, 3.05) is 0 Å². The van der Waals surface area contributed by atoms with E-state index in [9.17, 15) is 9.59 Å². The molecule has 0 aliphatic rings. The Morgan fingerprint density at radius 1 is 0.477 bits per heavy atom. The highest BCUT2D eigenvalue weighted by Gasteiger charge is 2.25. The lowest BCUT2D eigenvalue weighted by atomic mass is 10.0. The summed E-state index contributed by atoms with van der Waals surface area (Å²) in [6.45, 7) is 4.06. The second kappa shape index (κ2) is 10.4. The van der Waals surface area contributed by atoms with Crippen LogP contribution in [0.25, 0.3) is 45.2 Å². The van der Waals surface area contributed by atoms with Gasteiger partial charge in [-0.1, -0.05) is 71.8 Å². The minimum atomic E-state index is -0.312. The molecule has 8 rings (SSSR count). The van der Waals surface area contributed by atoms with Crippen LogP contribution in [0.2, 0.25) is 0 Å². The molecule has 0 spiro atoms. The molecule has 210 valence electrons. The number of fused-ring (bicyclic) bond motifs is 6. The lowest BCUT2D eigenvalue weighted by molar-refractivity contribution is 0.103. The fourth-order valence-electron chi connectivity index (χ4n) is 6.07. The van der Waals surface area contributed by atoms with Crippen LogP contribution in [0.3, 0.4) is 0 Å². The molecule has 1 unspecified atom stereocenters. The molecule has 0 aliphatic carbocycles. The maximum Gasteiger partial charge on any atom is 0.193 e. The molecule has 2 heterocycles. The summed E-state index contributed by atoms with van der Waals surface area (Å²) < 4.78 is 4.89. The number of carbonyl (C=O) groups excluding carboxylic acids is 2. The molecule has 0 aliphatic heterocycles. The number of benzene rings is 6. The first-order valence-electron chi connectivity index (χ1n) is 14.6. The summed E-state index contributed by atoms with van der Waals surface area (Å²) >= 11 is 1.76. The highest BCUT2D eigenvalue weighted by molar-refractivity contribution is 7.50. The Hall–Kier alpha value is -4.90. The molecule has 0 fully saturated rings. The van der Waals surface area contributed by atoms with E-state index in [0.717, 1.165) is 21.9 Å². The van der Waals surface area contributed by atoms with Gasteiger partial charge in [0.25, 0.3) is 0 Å². The lowest BCUT2D eigenvalue weighted by Gasteiger charge is -2.03. The molecule has 0 N–H and O–H groups in total. The molecular formula is C40H27O2S2+. The molecule has 4 heteroatoms. The van der Waals surface area contributed by atoms with Gasteiger partial charge < -0.3 is 0 Å². The quantitative estimate of drug-likeness (QED) is 0.145. The number of aryl methyl sites for hydroxylation is 2. The predicted octanol–water partition coefficient (Wildman–Crippen LogP) is 11.2. The van der Waals surface area contributed by atoms with Gasteiger partial charge in [0.15, 0.2) is 25.9 Å². The summed E-state index contributed by atoms with van der Waals surface area (Å²) in [6.07, 6.45) is 0. The van der Waals surface area contributed by atoms with Crippen LogP contribution in [0.4, 0.5) is 0 Å². The van der Waals surface area contributed by atoms with Crippen LogP contribution in [0.1, 0.15) is 43.0 Å². The first-order chi connectivity index (χ1) is 21.4. The standard InChI is InChI=1S/C40H27O2S2/c1-24-7-11-26(12-8-24)39(41)28-15-18-35-32(21-28)33-23-30(17-19-36(33)43-35)44-37-6-4-3-5-31(37)34-22-29(16-20-38(34)44)40(42)27-13-9-25(2)10-14-27/h3-23H,1-2H3/q+1. The van der Waals surface area contributed by atoms with E-state index in [2.05, 4.69) is 66.7 Å². The molecule has 2 nitrogen and oxygen atoms in total. The third kappa shape index (κ3) is 4.38. The van der Waals surface area contributed by atoms with E-state index in [0.29, 0.717) is 22.3 Å². The summed E-state index contributed by atoms with van der Waals surface area (Å²) in [5.41, 5.74) is 5.09. The fourth-order valence-corrected chi connectivity index (χ4v) is 9.52. The van der Waals surface area contributed by atoms with Gasteiger partial charge in [-0.2, -0.15) is 0 Å². The van der Waals surface area contributed by atoms with Gasteiger partial charge in [0.05, 0.1) is 0 Å². The average Bonchev–Trinajstić information content (AvgIpc) is 3.59. The number of hydrogen-bond acceptors (Lipinski definition) is 3. The third-order valence-electron chi connectivity index (χ3n) is 8.42. The second-order valence-corrected chi connectivity index (χ2v) is 14.4. The molecule has 8 aromatic rings. The van der Waals surface area contributed by atoms with Crippen molar-refractivity contribution in [2.24, 2.45) is 0 Å². The Morgan fingerprint density at radius 2 is 0.977 bits per heavy atom. The van der Waals surface area contributed by atoms with Crippen LogP contribution in [-0.2, 0) is 0 Å². The zero-order valence-electron chi connectivity index (χ0n) is 24.3. The fraction of sp³-hybridized carbons (Fsp3) is 0.0500. The van der Waals surface area contributed by atoms with Crippen LogP contribution in [0, 0.1) is 13.8 Å². The Morgan fingerprint density at radius 3 is 1.64 bits per heavy atom. The van der Waals surface area contributed by atoms with Gasteiger partial charge in [0, 0.05) is 69.7 Å². The van der Waals surface area contributed by atoms with Gasteiger partial charge in [-0.3, -0.25) is 9.59 Å². The number of carbonyl (C=O) groups is 2. The first-order valence-corrected chi connectivity index (χ1v) is 16.7. The topological polar surface area (TPSA) is 34.1 Å². The second-order valence-electron chi connectivity index (χ2n) is 11.4. The van der Waals surface area contributed by atoms with Crippen molar-refractivity contribution in [3.63, 3.8) is 0 Å². The summed E-state index contributed by atoms with van der Waals surface area (Å²) in [4.78, 5) is 28.0. The van der Waals surface area contributed by atoms with E-state index < -0.39 is 0 Å². The van der Waals surface area contributed by atoms with Crippen LogP contribution in [-0.4, -0.2) is 11.6 Å². The van der Waals surface area contributed by atoms with Gasteiger partial charge in [-0.05, 0) is 74.5 Å². The molecule has 44 heavy (non-hydrogen) atoms. The van der Waals surface area contributed by atoms with Gasteiger partial charge in [-0.15, -0.1) is 11.3 Å². The lowest BCUT2D eigenvalue weighted by Crippen LogP contribution is -2.00. The zero-order chi connectivity index (χ0) is 29.9. The van der Waals surface area contributed by atoms with Crippen LogP contribution < -0.4 is 0 Å². The highest BCUT2D eigenvalue weighted by atomic mass is 32.2. The zero-order valence-corrected chi connectivity index (χ0v) is 25.9. The van der Waals surface area contributed by atoms with E-state index >= 15 is 0 Å². The molecule has 6 aromatic carbocycles. The third-order valence-corrected chi connectivity index (χ3v) is 11.9. The van der Waals surface area contributed by atoms with Crippen molar-refractivity contribution in [1.29, 1.82) is 0 Å². The van der Waals surface area contributed by atoms with Crippen molar-refractivity contribution in [1.82, 2.24) is 0 Å². The largest absolute Gasteiger partial charge is 0.289 e. The maximum atomic E-state index is 13.4. The number of thiophene rings is 2. The van der Waals surface area contributed by atoms with E-state index in [1.54, 1.807) is 11.3 Å². The molecule has 0 radical (unpaired) electrons. The summed E-state index contributed by atoms with van der Waals surface area (Å²) in [6, 6.07) is 43.2. The molecule has 0 saturated heterocycles. The minimum Gasteiger partial charge on any atom is -0.289 e. The highest BCUT2D eigenvalue weighted by Crippen LogP contribution is 2.50. The van der Waals surface area contributed by atoms with E-state index in [-0.39, 0.29) is 22.0 Å². The summed E-state index contributed by atoms with van der Waals surface area (Å²) in [5.74, 6) is 0.0816. The van der Waals surface area contributed by atoms with Crippen molar-refractivity contribution in [3.8, 4) is 4.90 Å². The average molecular weight is 604 g/mol. The Balaban J connectivity index is 1.27. The smallest absolute Gasteiger partial charge is 0.193 e. The molecule has 2 aromatic heterocycles. The SMILES string of the molecule is Cc1ccc(C(=O)c2ccc3sc4ccc(-[s+]5c6ccccc6c6cc(C(=O)c7ccc(C)cc7)ccc65)cc4c3c2)cc1. The van der Waals surface area contributed by atoms with Crippen LogP contribution in [0.5, 0.6) is 0 Å². The van der Waals surface area contributed by atoms with Crippen LogP contribution >= 0.6 is 21.8 Å².